The predicted molar refractivity (Wildman–Crippen MR) is 106 cm³/mol. The van der Waals surface area contributed by atoms with Crippen molar-refractivity contribution < 1.29 is 4.79 Å². The number of nitrogens with two attached hydrogens (primary N) is 1. The number of nitrogens with zero attached hydrogens (tertiary/aromatic N) is 4. The Kier molecular flexibility index (Phi) is 6.69. The Morgan fingerprint density at radius 3 is 2.42 bits per heavy atom. The van der Waals surface area contributed by atoms with Crippen molar-refractivity contribution >= 4 is 17.7 Å². The molecule has 0 aliphatic heterocycles. The van der Waals surface area contributed by atoms with Crippen LogP contribution in [0.5, 0.6) is 0 Å². The van der Waals surface area contributed by atoms with Crippen molar-refractivity contribution in [3.8, 4) is 0 Å². The Balaban J connectivity index is 2.01. The van der Waals surface area contributed by atoms with Crippen LogP contribution in [0.2, 0.25) is 0 Å². The van der Waals surface area contributed by atoms with Gasteiger partial charge in [0.1, 0.15) is 0 Å². The largest absolute Gasteiger partial charge is 0.338 e. The Morgan fingerprint density at radius 2 is 1.88 bits per heavy atom. The lowest BCUT2D eigenvalue weighted by molar-refractivity contribution is -0.129. The first kappa shape index (κ1) is 20.3. The molecular formula is C19H29N5OS. The summed E-state index contributed by atoms with van der Waals surface area (Å²) in [5.74, 6) is 7.18. The summed E-state index contributed by atoms with van der Waals surface area (Å²) in [4.78, 5) is 14.6. The molecule has 2 rings (SSSR count). The van der Waals surface area contributed by atoms with Crippen molar-refractivity contribution in [2.75, 3.05) is 18.1 Å². The smallest absolute Gasteiger partial charge is 0.233 e. The molecule has 0 unspecified atom stereocenters. The zero-order valence-electron chi connectivity index (χ0n) is 16.3. The molecule has 6 nitrogen and oxygen atoms in total. The van der Waals surface area contributed by atoms with Crippen LogP contribution in [-0.4, -0.2) is 38.0 Å². The molecule has 7 heteroatoms. The molecule has 0 saturated heterocycles. The molecule has 0 aliphatic rings. The highest BCUT2D eigenvalue weighted by Crippen LogP contribution is 2.23. The summed E-state index contributed by atoms with van der Waals surface area (Å²) in [6.45, 7) is 11.6. The fraction of sp³-hybridized carbons (Fsp3) is 0.526. The van der Waals surface area contributed by atoms with Gasteiger partial charge in [-0.25, -0.2) is 4.68 Å². The lowest BCUT2D eigenvalue weighted by Gasteiger charge is -2.22. The maximum absolute atomic E-state index is 12.7. The zero-order valence-corrected chi connectivity index (χ0v) is 17.1. The highest BCUT2D eigenvalue weighted by atomic mass is 32.2. The number of carbonyl (C=O) groups excluding carboxylic acids is 1. The van der Waals surface area contributed by atoms with Gasteiger partial charge in [-0.3, -0.25) is 4.79 Å². The maximum Gasteiger partial charge on any atom is 0.233 e. The van der Waals surface area contributed by atoms with Crippen molar-refractivity contribution in [1.29, 1.82) is 0 Å². The molecule has 2 aromatic rings. The molecular weight excluding hydrogens is 346 g/mol. The van der Waals surface area contributed by atoms with Gasteiger partial charge in [-0.05, 0) is 18.9 Å². The second-order valence-corrected chi connectivity index (χ2v) is 8.46. The van der Waals surface area contributed by atoms with Gasteiger partial charge in [-0.2, -0.15) is 0 Å². The number of rotatable bonds is 7. The fourth-order valence-electron chi connectivity index (χ4n) is 2.58. The minimum Gasteiger partial charge on any atom is -0.338 e. The van der Waals surface area contributed by atoms with Crippen molar-refractivity contribution in [3.05, 3.63) is 41.2 Å². The van der Waals surface area contributed by atoms with Gasteiger partial charge in [0.2, 0.25) is 11.1 Å². The average molecular weight is 376 g/mol. The van der Waals surface area contributed by atoms with Crippen LogP contribution in [0.25, 0.3) is 0 Å². The Hall–Kier alpha value is -2.02. The van der Waals surface area contributed by atoms with E-state index < -0.39 is 0 Å². The second-order valence-electron chi connectivity index (χ2n) is 7.52. The normalized spacial score (nSPS) is 11.6. The molecule has 0 bridgehead atoms. The lowest BCUT2D eigenvalue weighted by atomic mass is 9.96. The van der Waals surface area contributed by atoms with Gasteiger partial charge >= 0.3 is 0 Å². The fourth-order valence-corrected chi connectivity index (χ4v) is 3.34. The second kappa shape index (κ2) is 8.58. The quantitative estimate of drug-likeness (QED) is 0.594. The third kappa shape index (κ3) is 5.24. The molecule has 0 atom stereocenters. The summed E-state index contributed by atoms with van der Waals surface area (Å²) in [7, 11) is 0. The number of hydrogen-bond acceptors (Lipinski definition) is 5. The molecule has 1 amide bonds. The maximum atomic E-state index is 12.7. The molecule has 1 heterocycles. The molecule has 0 saturated carbocycles. The van der Waals surface area contributed by atoms with E-state index >= 15 is 0 Å². The van der Waals surface area contributed by atoms with Crippen LogP contribution in [0.15, 0.2) is 29.4 Å². The highest BCUT2D eigenvalue weighted by Gasteiger charge is 2.24. The van der Waals surface area contributed by atoms with Gasteiger partial charge in [0.15, 0.2) is 5.82 Å². The van der Waals surface area contributed by atoms with E-state index in [0.29, 0.717) is 23.3 Å². The average Bonchev–Trinajstić information content (AvgIpc) is 2.95. The van der Waals surface area contributed by atoms with Gasteiger partial charge < -0.3 is 10.7 Å². The SMILES string of the molecule is CCCN(Cc1ccc(C)cc1)C(=O)CSc1nnc(C(C)(C)C)n1N. The number of nitrogen functional groups attached to an aromatic ring is 1. The van der Waals surface area contributed by atoms with E-state index in [9.17, 15) is 4.79 Å². The Bertz CT molecular complexity index is 733. The Morgan fingerprint density at radius 1 is 1.23 bits per heavy atom. The number of aromatic nitrogens is 3. The highest BCUT2D eigenvalue weighted by molar-refractivity contribution is 7.99. The molecule has 0 fully saturated rings. The minimum absolute atomic E-state index is 0.0812. The number of benzene rings is 1. The van der Waals surface area contributed by atoms with E-state index in [1.807, 2.05) is 25.7 Å². The summed E-state index contributed by atoms with van der Waals surface area (Å²) in [5.41, 5.74) is 2.17. The first-order valence-electron chi connectivity index (χ1n) is 8.89. The zero-order chi connectivity index (χ0) is 19.3. The summed E-state index contributed by atoms with van der Waals surface area (Å²) in [6, 6.07) is 8.29. The van der Waals surface area contributed by atoms with E-state index in [1.165, 1.54) is 22.0 Å². The van der Waals surface area contributed by atoms with Crippen LogP contribution >= 0.6 is 11.8 Å². The van der Waals surface area contributed by atoms with E-state index in [0.717, 1.165) is 18.5 Å². The van der Waals surface area contributed by atoms with Crippen LogP contribution < -0.4 is 5.84 Å². The molecule has 0 radical (unpaired) electrons. The Labute approximate surface area is 160 Å². The van der Waals surface area contributed by atoms with Crippen LogP contribution in [-0.2, 0) is 16.8 Å². The van der Waals surface area contributed by atoms with Gasteiger partial charge in [0.05, 0.1) is 5.75 Å². The van der Waals surface area contributed by atoms with Crippen molar-refractivity contribution in [2.24, 2.45) is 0 Å². The van der Waals surface area contributed by atoms with E-state index in [4.69, 9.17) is 5.84 Å². The van der Waals surface area contributed by atoms with Crippen LogP contribution in [0, 0.1) is 6.92 Å². The lowest BCUT2D eigenvalue weighted by Crippen LogP contribution is -2.33. The van der Waals surface area contributed by atoms with Crippen molar-refractivity contribution in [1.82, 2.24) is 19.8 Å². The summed E-state index contributed by atoms with van der Waals surface area (Å²) >= 11 is 1.33. The molecule has 142 valence electrons. The molecule has 1 aromatic heterocycles. The first-order chi connectivity index (χ1) is 12.2. The third-order valence-electron chi connectivity index (χ3n) is 4.00. The number of carbonyl (C=O) groups is 1. The number of hydrogen-bond donors (Lipinski definition) is 1. The van der Waals surface area contributed by atoms with Crippen LogP contribution in [0.4, 0.5) is 0 Å². The van der Waals surface area contributed by atoms with E-state index in [-0.39, 0.29) is 11.3 Å². The van der Waals surface area contributed by atoms with Crippen LogP contribution in [0.1, 0.15) is 51.1 Å². The number of amides is 1. The van der Waals surface area contributed by atoms with Crippen LogP contribution in [0.3, 0.4) is 0 Å². The topological polar surface area (TPSA) is 77.0 Å². The standard InChI is InChI=1S/C19H29N5OS/c1-6-11-23(12-15-9-7-14(2)8-10-15)16(25)13-26-18-22-21-17(24(18)20)19(3,4)5/h7-10H,6,11-13,20H2,1-5H3. The summed E-state index contributed by atoms with van der Waals surface area (Å²) in [5, 5.41) is 8.86. The molecule has 2 N–H and O–H groups in total. The van der Waals surface area contributed by atoms with Gasteiger partial charge in [-0.15, -0.1) is 10.2 Å². The molecule has 1 aromatic carbocycles. The van der Waals surface area contributed by atoms with Gasteiger partial charge in [-0.1, -0.05) is 69.3 Å². The number of thioether (sulfide) groups is 1. The van der Waals surface area contributed by atoms with E-state index in [2.05, 4.69) is 48.3 Å². The molecule has 26 heavy (non-hydrogen) atoms. The van der Waals surface area contributed by atoms with E-state index in [1.54, 1.807) is 0 Å². The van der Waals surface area contributed by atoms with Gasteiger partial charge in [0, 0.05) is 18.5 Å². The minimum atomic E-state index is -0.190. The summed E-state index contributed by atoms with van der Waals surface area (Å²) < 4.78 is 1.49. The van der Waals surface area contributed by atoms with Crippen molar-refractivity contribution in [2.45, 2.75) is 58.2 Å². The van der Waals surface area contributed by atoms with Gasteiger partial charge in [0.25, 0.3) is 0 Å². The number of aryl methyl sites for hydroxylation is 1. The molecule has 0 spiro atoms. The monoisotopic (exact) mass is 375 g/mol. The third-order valence-corrected chi connectivity index (χ3v) is 4.93. The van der Waals surface area contributed by atoms with Crippen molar-refractivity contribution in [3.63, 3.8) is 0 Å². The predicted octanol–water partition coefficient (Wildman–Crippen LogP) is 3.13. The molecule has 0 aliphatic carbocycles. The first-order valence-corrected chi connectivity index (χ1v) is 9.88. The summed E-state index contributed by atoms with van der Waals surface area (Å²) in [6.07, 6.45) is 0.920.